The van der Waals surface area contributed by atoms with Crippen LogP contribution in [0.1, 0.15) is 39.3 Å². The van der Waals surface area contributed by atoms with E-state index in [1.807, 2.05) is 18.7 Å². The molecule has 0 saturated carbocycles. The van der Waals surface area contributed by atoms with Crippen LogP contribution >= 0.6 is 0 Å². The standard InChI is InChI=1S/C21H36N4OSi/c1-15-17-12-18(22)20(13-19(17)24(5)23-15)25-10-8-16(9-11-25)14-26-27(6,7)21(2,3)4/h12-13,16H,8-11,14,22H2,1-7H3. The molecule has 2 N–H and O–H groups in total. The van der Waals surface area contributed by atoms with E-state index < -0.39 is 8.32 Å². The van der Waals surface area contributed by atoms with Crippen molar-refractivity contribution in [3.05, 3.63) is 17.8 Å². The lowest BCUT2D eigenvalue weighted by Crippen LogP contribution is -2.43. The summed E-state index contributed by atoms with van der Waals surface area (Å²) in [6, 6.07) is 4.29. The minimum Gasteiger partial charge on any atom is -0.417 e. The Bertz CT molecular complexity index is 814. The SMILES string of the molecule is Cc1nn(C)c2cc(N3CCC(CO[Si](C)(C)C(C)(C)C)CC3)c(N)cc12. The number of fused-ring (bicyclic) bond motifs is 1. The minimum absolute atomic E-state index is 0.277. The van der Waals surface area contributed by atoms with Crippen LogP contribution in [0.4, 0.5) is 11.4 Å². The Hall–Kier alpha value is -1.53. The van der Waals surface area contributed by atoms with E-state index in [-0.39, 0.29) is 5.04 Å². The summed E-state index contributed by atoms with van der Waals surface area (Å²) in [5.41, 5.74) is 10.6. The second-order valence-electron chi connectivity index (χ2n) is 9.64. The van der Waals surface area contributed by atoms with Crippen LogP contribution in [0.2, 0.25) is 18.1 Å². The molecule has 0 spiro atoms. The number of nitrogens with two attached hydrogens (primary N) is 1. The van der Waals surface area contributed by atoms with Crippen molar-refractivity contribution >= 4 is 30.6 Å². The Kier molecular flexibility index (Phi) is 5.34. The van der Waals surface area contributed by atoms with E-state index >= 15 is 0 Å². The monoisotopic (exact) mass is 388 g/mol. The highest BCUT2D eigenvalue weighted by molar-refractivity contribution is 6.74. The smallest absolute Gasteiger partial charge is 0.191 e. The van der Waals surface area contributed by atoms with Gasteiger partial charge in [-0.2, -0.15) is 5.10 Å². The van der Waals surface area contributed by atoms with Gasteiger partial charge >= 0.3 is 0 Å². The zero-order valence-electron chi connectivity index (χ0n) is 18.1. The highest BCUT2D eigenvalue weighted by atomic mass is 28.4. The van der Waals surface area contributed by atoms with E-state index in [4.69, 9.17) is 10.2 Å². The van der Waals surface area contributed by atoms with Crippen molar-refractivity contribution in [2.45, 2.75) is 58.7 Å². The van der Waals surface area contributed by atoms with Crippen LogP contribution < -0.4 is 10.6 Å². The number of aromatic nitrogens is 2. The molecule has 6 heteroatoms. The molecule has 5 nitrogen and oxygen atoms in total. The molecule has 0 unspecified atom stereocenters. The number of nitrogen functional groups attached to an aromatic ring is 1. The van der Waals surface area contributed by atoms with Crippen LogP contribution in [0.15, 0.2) is 12.1 Å². The van der Waals surface area contributed by atoms with Crippen molar-refractivity contribution in [3.8, 4) is 0 Å². The van der Waals surface area contributed by atoms with Gasteiger partial charge in [-0.25, -0.2) is 0 Å². The predicted octanol–water partition coefficient (Wildman–Crippen LogP) is 4.70. The molecule has 0 aliphatic carbocycles. The van der Waals surface area contributed by atoms with Crippen molar-refractivity contribution in [3.63, 3.8) is 0 Å². The molecule has 0 amide bonds. The van der Waals surface area contributed by atoms with Gasteiger partial charge in [0.25, 0.3) is 0 Å². The molecule has 2 heterocycles. The van der Waals surface area contributed by atoms with Crippen LogP contribution in [0.3, 0.4) is 0 Å². The first-order valence-electron chi connectivity index (χ1n) is 10.1. The molecule has 1 fully saturated rings. The lowest BCUT2D eigenvalue weighted by Gasteiger charge is -2.39. The van der Waals surface area contributed by atoms with Gasteiger partial charge in [0, 0.05) is 32.1 Å². The first-order chi connectivity index (χ1) is 12.5. The van der Waals surface area contributed by atoms with Crippen LogP contribution in [0.5, 0.6) is 0 Å². The Morgan fingerprint density at radius 2 is 1.85 bits per heavy atom. The summed E-state index contributed by atoms with van der Waals surface area (Å²) in [4.78, 5) is 2.43. The molecular weight excluding hydrogens is 352 g/mol. The highest BCUT2D eigenvalue weighted by Gasteiger charge is 2.37. The average Bonchev–Trinajstić information content (AvgIpc) is 2.85. The van der Waals surface area contributed by atoms with Gasteiger partial charge in [-0.15, -0.1) is 0 Å². The quantitative estimate of drug-likeness (QED) is 0.609. The fraction of sp³-hybridized carbons (Fsp3) is 0.667. The zero-order valence-corrected chi connectivity index (χ0v) is 19.1. The molecule has 0 bridgehead atoms. The maximum absolute atomic E-state index is 6.46. The lowest BCUT2D eigenvalue weighted by atomic mass is 9.97. The molecule has 1 saturated heterocycles. The molecule has 150 valence electrons. The predicted molar refractivity (Wildman–Crippen MR) is 118 cm³/mol. The first-order valence-corrected chi connectivity index (χ1v) is 13.0. The second kappa shape index (κ2) is 7.13. The van der Waals surface area contributed by atoms with E-state index in [2.05, 4.69) is 56.0 Å². The van der Waals surface area contributed by atoms with E-state index in [1.165, 1.54) is 0 Å². The molecule has 3 rings (SSSR count). The maximum atomic E-state index is 6.46. The van der Waals surface area contributed by atoms with Gasteiger partial charge in [0.15, 0.2) is 8.32 Å². The van der Waals surface area contributed by atoms with E-state index in [1.54, 1.807) is 0 Å². The number of hydrogen-bond acceptors (Lipinski definition) is 4. The van der Waals surface area contributed by atoms with Crippen molar-refractivity contribution in [1.29, 1.82) is 0 Å². The topological polar surface area (TPSA) is 56.3 Å². The fourth-order valence-corrected chi connectivity index (χ4v) is 4.73. The summed E-state index contributed by atoms with van der Waals surface area (Å²) in [5, 5.41) is 5.95. The van der Waals surface area contributed by atoms with E-state index in [0.717, 1.165) is 60.5 Å². The summed E-state index contributed by atoms with van der Waals surface area (Å²) >= 11 is 0. The van der Waals surface area contributed by atoms with Gasteiger partial charge in [0.1, 0.15) is 0 Å². The fourth-order valence-electron chi connectivity index (χ4n) is 3.64. The second-order valence-corrected chi connectivity index (χ2v) is 14.4. The van der Waals surface area contributed by atoms with Gasteiger partial charge in [-0.3, -0.25) is 4.68 Å². The number of nitrogens with zero attached hydrogens (tertiary/aromatic N) is 3. The van der Waals surface area contributed by atoms with Crippen LogP contribution in [-0.4, -0.2) is 37.8 Å². The minimum atomic E-state index is -1.66. The van der Waals surface area contributed by atoms with Gasteiger partial charge in [-0.1, -0.05) is 20.8 Å². The largest absolute Gasteiger partial charge is 0.417 e. The molecule has 0 atom stereocenters. The van der Waals surface area contributed by atoms with Crippen molar-refractivity contribution in [2.24, 2.45) is 13.0 Å². The molecule has 1 aromatic heterocycles. The van der Waals surface area contributed by atoms with Crippen molar-refractivity contribution in [1.82, 2.24) is 9.78 Å². The number of anilines is 2. The normalized spacial score (nSPS) is 17.1. The van der Waals surface area contributed by atoms with Crippen molar-refractivity contribution < 1.29 is 4.43 Å². The van der Waals surface area contributed by atoms with E-state index in [9.17, 15) is 0 Å². The molecule has 1 aliphatic rings. The number of rotatable bonds is 4. The van der Waals surface area contributed by atoms with Crippen LogP contribution in [0, 0.1) is 12.8 Å². The summed E-state index contributed by atoms with van der Waals surface area (Å²) in [6.07, 6.45) is 2.33. The Labute approximate surface area is 165 Å². The van der Waals surface area contributed by atoms with Gasteiger partial charge in [0.05, 0.1) is 22.6 Å². The number of hydrogen-bond donors (Lipinski definition) is 1. The molecule has 2 aromatic rings. The summed E-state index contributed by atoms with van der Waals surface area (Å²) in [5.74, 6) is 0.652. The lowest BCUT2D eigenvalue weighted by molar-refractivity contribution is 0.205. The van der Waals surface area contributed by atoms with Gasteiger partial charge < -0.3 is 15.1 Å². The maximum Gasteiger partial charge on any atom is 0.191 e. The summed E-state index contributed by atoms with van der Waals surface area (Å²) < 4.78 is 8.41. The number of piperidine rings is 1. The Balaban J connectivity index is 1.65. The summed E-state index contributed by atoms with van der Waals surface area (Å²) in [7, 11) is 0.343. The van der Waals surface area contributed by atoms with Crippen LogP contribution in [0.25, 0.3) is 10.9 Å². The number of benzene rings is 1. The van der Waals surface area contributed by atoms with Gasteiger partial charge in [-0.05, 0) is 55.9 Å². The van der Waals surface area contributed by atoms with Gasteiger partial charge in [0.2, 0.25) is 0 Å². The third-order valence-corrected chi connectivity index (χ3v) is 11.1. The average molecular weight is 389 g/mol. The summed E-state index contributed by atoms with van der Waals surface area (Å²) in [6.45, 7) is 16.6. The number of aryl methyl sites for hydroxylation is 2. The van der Waals surface area contributed by atoms with Crippen molar-refractivity contribution in [2.75, 3.05) is 30.3 Å². The third kappa shape index (κ3) is 4.01. The molecule has 0 radical (unpaired) electrons. The third-order valence-electron chi connectivity index (χ3n) is 6.62. The molecule has 1 aliphatic heterocycles. The first kappa shape index (κ1) is 20.2. The highest BCUT2D eigenvalue weighted by Crippen LogP contribution is 2.38. The molecule has 1 aromatic carbocycles. The molecular formula is C21H36N4OSi. The molecule has 27 heavy (non-hydrogen) atoms. The van der Waals surface area contributed by atoms with Crippen LogP contribution in [-0.2, 0) is 11.5 Å². The zero-order chi connectivity index (χ0) is 20.0. The Morgan fingerprint density at radius 3 is 2.44 bits per heavy atom. The van der Waals surface area contributed by atoms with E-state index in [0.29, 0.717) is 5.92 Å². The Morgan fingerprint density at radius 1 is 1.22 bits per heavy atom.